The van der Waals surface area contributed by atoms with Crippen molar-refractivity contribution < 1.29 is 19.1 Å². The summed E-state index contributed by atoms with van der Waals surface area (Å²) in [5.41, 5.74) is 1.17. The Hall–Kier alpha value is -2.37. The van der Waals surface area contributed by atoms with Crippen LogP contribution in [0.3, 0.4) is 0 Å². The first-order valence-electron chi connectivity index (χ1n) is 9.89. The summed E-state index contributed by atoms with van der Waals surface area (Å²) in [6.07, 6.45) is 5.24. The Kier molecular flexibility index (Phi) is 6.85. The Morgan fingerprint density at radius 3 is 2.44 bits per heavy atom. The quantitative estimate of drug-likeness (QED) is 0.717. The van der Waals surface area contributed by atoms with E-state index in [9.17, 15) is 14.4 Å². The average Bonchev–Trinajstić information content (AvgIpc) is 2.88. The number of carbonyl (C=O) groups is 3. The molecule has 2 amide bonds. The maximum atomic E-state index is 12.3. The van der Waals surface area contributed by atoms with Crippen LogP contribution in [0.5, 0.6) is 0 Å². The highest BCUT2D eigenvalue weighted by Crippen LogP contribution is 2.20. The molecule has 1 aromatic carbocycles. The van der Waals surface area contributed by atoms with Crippen LogP contribution in [0.4, 0.5) is 0 Å². The van der Waals surface area contributed by atoms with Crippen LogP contribution in [-0.4, -0.2) is 60.4 Å². The van der Waals surface area contributed by atoms with Crippen LogP contribution in [0.1, 0.15) is 37.7 Å². The summed E-state index contributed by atoms with van der Waals surface area (Å²) < 4.78 is 5.23. The van der Waals surface area contributed by atoms with E-state index < -0.39 is 11.9 Å². The third-order valence-corrected chi connectivity index (χ3v) is 5.36. The maximum absolute atomic E-state index is 12.3. The minimum absolute atomic E-state index is 0.0216. The van der Waals surface area contributed by atoms with Crippen LogP contribution >= 0.6 is 0 Å². The van der Waals surface area contributed by atoms with Crippen molar-refractivity contribution in [2.75, 3.05) is 32.8 Å². The lowest BCUT2D eigenvalue weighted by molar-refractivity contribution is -0.155. The summed E-state index contributed by atoms with van der Waals surface area (Å²) in [6, 6.07) is 9.97. The molecular weight excluding hydrogens is 344 g/mol. The standard InChI is InChI=1S/C21H28N2O4/c24-19-14-18(15-23(19)13-10-17-8-4-3-5-9-17)21(26)27-16-20(25)22-11-6-1-2-7-12-22/h3-5,8-9,18H,1-2,6-7,10-16H2. The molecule has 0 radical (unpaired) electrons. The second-order valence-corrected chi connectivity index (χ2v) is 7.38. The molecule has 0 bridgehead atoms. The first-order chi connectivity index (χ1) is 13.1. The fourth-order valence-corrected chi connectivity index (χ4v) is 3.72. The average molecular weight is 372 g/mol. The van der Waals surface area contributed by atoms with Crippen molar-refractivity contribution in [3.63, 3.8) is 0 Å². The number of benzene rings is 1. The minimum atomic E-state index is -0.467. The summed E-state index contributed by atoms with van der Waals surface area (Å²) in [4.78, 5) is 40.2. The zero-order valence-corrected chi connectivity index (χ0v) is 15.8. The molecule has 6 heteroatoms. The maximum Gasteiger partial charge on any atom is 0.311 e. The molecule has 0 aliphatic carbocycles. The van der Waals surface area contributed by atoms with Gasteiger partial charge in [0, 0.05) is 32.6 Å². The minimum Gasteiger partial charge on any atom is -0.455 e. The molecule has 0 saturated carbocycles. The summed E-state index contributed by atoms with van der Waals surface area (Å²) in [6.45, 7) is 2.24. The summed E-state index contributed by atoms with van der Waals surface area (Å²) in [5.74, 6) is -1.05. The third-order valence-electron chi connectivity index (χ3n) is 5.36. The van der Waals surface area contributed by atoms with Crippen molar-refractivity contribution in [2.45, 2.75) is 38.5 Å². The van der Waals surface area contributed by atoms with E-state index in [-0.39, 0.29) is 24.8 Å². The number of amides is 2. The number of ether oxygens (including phenoxy) is 1. The topological polar surface area (TPSA) is 66.9 Å². The third kappa shape index (κ3) is 5.55. The molecule has 0 spiro atoms. The number of rotatable bonds is 6. The van der Waals surface area contributed by atoms with E-state index >= 15 is 0 Å². The summed E-state index contributed by atoms with van der Waals surface area (Å²) in [5, 5.41) is 0. The van der Waals surface area contributed by atoms with Gasteiger partial charge in [0.15, 0.2) is 6.61 Å². The van der Waals surface area contributed by atoms with Gasteiger partial charge < -0.3 is 14.5 Å². The van der Waals surface area contributed by atoms with Gasteiger partial charge in [0.2, 0.25) is 5.91 Å². The lowest BCUT2D eigenvalue weighted by Gasteiger charge is -2.20. The van der Waals surface area contributed by atoms with Gasteiger partial charge in [-0.25, -0.2) is 0 Å². The van der Waals surface area contributed by atoms with Gasteiger partial charge in [-0.2, -0.15) is 0 Å². The Bertz CT molecular complexity index is 653. The van der Waals surface area contributed by atoms with E-state index in [0.29, 0.717) is 13.1 Å². The summed E-state index contributed by atoms with van der Waals surface area (Å²) in [7, 11) is 0. The van der Waals surface area contributed by atoms with Crippen LogP contribution in [0, 0.1) is 5.92 Å². The van der Waals surface area contributed by atoms with Gasteiger partial charge in [-0.3, -0.25) is 14.4 Å². The number of nitrogens with zero attached hydrogens (tertiary/aromatic N) is 2. The van der Waals surface area contributed by atoms with Crippen LogP contribution in [0.2, 0.25) is 0 Å². The van der Waals surface area contributed by atoms with E-state index in [1.807, 2.05) is 30.3 Å². The number of esters is 1. The van der Waals surface area contributed by atoms with Gasteiger partial charge in [0.05, 0.1) is 5.92 Å². The molecule has 2 heterocycles. The molecule has 3 rings (SSSR count). The molecule has 146 valence electrons. The second-order valence-electron chi connectivity index (χ2n) is 7.38. The second kappa shape index (κ2) is 9.53. The number of carbonyl (C=O) groups excluding carboxylic acids is 3. The van der Waals surface area contributed by atoms with Crippen LogP contribution < -0.4 is 0 Å². The Morgan fingerprint density at radius 2 is 1.74 bits per heavy atom. The SMILES string of the molecule is O=C(OCC(=O)N1CCCCCC1)C1CC(=O)N(CCc2ccccc2)C1. The van der Waals surface area contributed by atoms with Gasteiger partial charge in [0.25, 0.3) is 5.91 Å². The van der Waals surface area contributed by atoms with Gasteiger partial charge in [-0.15, -0.1) is 0 Å². The first-order valence-corrected chi connectivity index (χ1v) is 9.89. The normalized spacial score (nSPS) is 20.4. The smallest absolute Gasteiger partial charge is 0.311 e. The Labute approximate surface area is 160 Å². The zero-order valence-electron chi connectivity index (χ0n) is 15.8. The number of likely N-dealkylation sites (tertiary alicyclic amines) is 2. The summed E-state index contributed by atoms with van der Waals surface area (Å²) >= 11 is 0. The molecule has 2 aliphatic rings. The molecule has 1 atom stereocenters. The monoisotopic (exact) mass is 372 g/mol. The molecule has 0 aromatic heterocycles. The highest BCUT2D eigenvalue weighted by atomic mass is 16.5. The van der Waals surface area contributed by atoms with E-state index in [1.54, 1.807) is 9.80 Å². The number of hydrogen-bond donors (Lipinski definition) is 0. The molecule has 0 N–H and O–H groups in total. The predicted octanol–water partition coefficient (Wildman–Crippen LogP) is 2.02. The predicted molar refractivity (Wildman–Crippen MR) is 101 cm³/mol. The van der Waals surface area contributed by atoms with Crippen molar-refractivity contribution >= 4 is 17.8 Å². The van der Waals surface area contributed by atoms with E-state index in [4.69, 9.17) is 4.74 Å². The molecule has 6 nitrogen and oxygen atoms in total. The van der Waals surface area contributed by atoms with Crippen LogP contribution in [0.15, 0.2) is 30.3 Å². The molecular formula is C21H28N2O4. The van der Waals surface area contributed by atoms with Gasteiger partial charge in [-0.1, -0.05) is 43.2 Å². The van der Waals surface area contributed by atoms with Gasteiger partial charge in [0.1, 0.15) is 0 Å². The lowest BCUT2D eigenvalue weighted by atomic mass is 10.1. The van der Waals surface area contributed by atoms with Crippen LogP contribution in [-0.2, 0) is 25.5 Å². The highest BCUT2D eigenvalue weighted by Gasteiger charge is 2.35. The fraction of sp³-hybridized carbons (Fsp3) is 0.571. The molecule has 2 aliphatic heterocycles. The molecule has 27 heavy (non-hydrogen) atoms. The highest BCUT2D eigenvalue weighted by molar-refractivity contribution is 5.88. The van der Waals surface area contributed by atoms with Crippen molar-refractivity contribution in [3.8, 4) is 0 Å². The molecule has 1 aromatic rings. The zero-order chi connectivity index (χ0) is 19.1. The number of hydrogen-bond acceptors (Lipinski definition) is 4. The molecule has 2 saturated heterocycles. The van der Waals surface area contributed by atoms with E-state index in [1.165, 1.54) is 5.56 Å². The van der Waals surface area contributed by atoms with Crippen LogP contribution in [0.25, 0.3) is 0 Å². The van der Waals surface area contributed by atoms with E-state index in [2.05, 4.69) is 0 Å². The largest absolute Gasteiger partial charge is 0.455 e. The molecule has 2 fully saturated rings. The Morgan fingerprint density at radius 1 is 1.04 bits per heavy atom. The van der Waals surface area contributed by atoms with Crippen molar-refractivity contribution in [3.05, 3.63) is 35.9 Å². The Balaban J connectivity index is 1.42. The molecule has 1 unspecified atom stereocenters. The van der Waals surface area contributed by atoms with Gasteiger partial charge >= 0.3 is 5.97 Å². The lowest BCUT2D eigenvalue weighted by Crippen LogP contribution is -2.36. The first kappa shape index (κ1) is 19.4. The van der Waals surface area contributed by atoms with Crippen molar-refractivity contribution in [1.82, 2.24) is 9.80 Å². The van der Waals surface area contributed by atoms with Crippen molar-refractivity contribution in [1.29, 1.82) is 0 Å². The van der Waals surface area contributed by atoms with Crippen molar-refractivity contribution in [2.24, 2.45) is 5.92 Å². The fourth-order valence-electron chi connectivity index (χ4n) is 3.72. The van der Waals surface area contributed by atoms with E-state index in [0.717, 1.165) is 45.2 Å². The van der Waals surface area contributed by atoms with Gasteiger partial charge in [-0.05, 0) is 24.8 Å².